The van der Waals surface area contributed by atoms with E-state index in [1.807, 2.05) is 36.0 Å². The first-order valence-electron chi connectivity index (χ1n) is 22.3. The van der Waals surface area contributed by atoms with Crippen LogP contribution in [0.1, 0.15) is 47.2 Å². The van der Waals surface area contributed by atoms with Gasteiger partial charge in [-0.05, 0) is 102 Å². The van der Waals surface area contributed by atoms with E-state index in [1.165, 1.54) is 82.1 Å². The van der Waals surface area contributed by atoms with E-state index < -0.39 is 5.41 Å². The van der Waals surface area contributed by atoms with E-state index in [-0.39, 0.29) is 5.41 Å². The van der Waals surface area contributed by atoms with Crippen LogP contribution in [0.25, 0.3) is 78.7 Å². The Bertz CT molecular complexity index is 3540. The summed E-state index contributed by atoms with van der Waals surface area (Å²) in [5, 5.41) is 0. The molecule has 306 valence electrons. The molecular formula is C61H41N3S. The van der Waals surface area contributed by atoms with Crippen molar-refractivity contribution in [3.8, 4) is 78.7 Å². The van der Waals surface area contributed by atoms with Gasteiger partial charge in [-0.25, -0.2) is 15.0 Å². The van der Waals surface area contributed by atoms with Gasteiger partial charge in [-0.1, -0.05) is 214 Å². The zero-order valence-corrected chi connectivity index (χ0v) is 36.8. The molecule has 3 aliphatic rings. The predicted molar refractivity (Wildman–Crippen MR) is 266 cm³/mol. The zero-order chi connectivity index (χ0) is 43.3. The third kappa shape index (κ3) is 5.67. The van der Waals surface area contributed by atoms with Crippen LogP contribution in [0.5, 0.6) is 0 Å². The summed E-state index contributed by atoms with van der Waals surface area (Å²) in [5.41, 5.74) is 19.6. The molecule has 0 fully saturated rings. The van der Waals surface area contributed by atoms with Crippen LogP contribution in [0, 0.1) is 0 Å². The number of nitrogens with zero attached hydrogens (tertiary/aromatic N) is 3. The van der Waals surface area contributed by atoms with E-state index in [9.17, 15) is 0 Å². The van der Waals surface area contributed by atoms with Crippen molar-refractivity contribution in [1.29, 1.82) is 0 Å². The third-order valence-electron chi connectivity index (χ3n) is 14.0. The molecule has 0 radical (unpaired) electrons. The Morgan fingerprint density at radius 2 is 0.754 bits per heavy atom. The van der Waals surface area contributed by atoms with Gasteiger partial charge in [0.15, 0.2) is 17.5 Å². The smallest absolute Gasteiger partial charge is 0.164 e. The van der Waals surface area contributed by atoms with Crippen molar-refractivity contribution in [2.75, 3.05) is 0 Å². The van der Waals surface area contributed by atoms with Crippen LogP contribution >= 0.6 is 11.8 Å². The van der Waals surface area contributed by atoms with E-state index in [4.69, 9.17) is 15.0 Å². The van der Waals surface area contributed by atoms with E-state index in [1.54, 1.807) is 0 Å². The van der Waals surface area contributed by atoms with Gasteiger partial charge >= 0.3 is 0 Å². The minimum absolute atomic E-state index is 0.136. The van der Waals surface area contributed by atoms with Crippen molar-refractivity contribution in [2.45, 2.75) is 34.5 Å². The fourth-order valence-electron chi connectivity index (χ4n) is 11.0. The van der Waals surface area contributed by atoms with E-state index in [2.05, 4.69) is 202 Å². The van der Waals surface area contributed by atoms with Crippen molar-refractivity contribution < 1.29 is 0 Å². The minimum atomic E-state index is -0.708. The largest absolute Gasteiger partial charge is 0.208 e. The molecule has 0 bridgehead atoms. The molecule has 2 aliphatic carbocycles. The topological polar surface area (TPSA) is 38.7 Å². The molecule has 0 amide bonds. The summed E-state index contributed by atoms with van der Waals surface area (Å²) in [6.07, 6.45) is 0. The molecule has 4 heteroatoms. The highest BCUT2D eigenvalue weighted by atomic mass is 32.2. The van der Waals surface area contributed by atoms with Crippen molar-refractivity contribution >= 4 is 11.8 Å². The standard InChI is InChI=1S/C61H41N3S/c1-60(2)49-25-13-11-24-46(49)48-36-54-56(37-52(48)60)65-55-28-16-15-27-51(55)61(54)50-26-14-12-23-45(50)43-21-9-10-22-44(43)47-34-33-42(35-53(47)61)59-63-57(40-19-7-4-8-20-40)62-58(64-59)41-31-29-39(30-32-41)38-17-5-3-6-18-38/h3-37H,1-2H3. The van der Waals surface area contributed by atoms with E-state index in [0.717, 1.165) is 22.3 Å². The summed E-state index contributed by atoms with van der Waals surface area (Å²) in [6, 6.07) is 77.5. The Morgan fingerprint density at radius 1 is 0.292 bits per heavy atom. The molecule has 1 aromatic heterocycles. The molecule has 2 heterocycles. The lowest BCUT2D eigenvalue weighted by Gasteiger charge is -2.43. The zero-order valence-electron chi connectivity index (χ0n) is 36.0. The summed E-state index contributed by atoms with van der Waals surface area (Å²) >= 11 is 1.90. The average molecular weight is 848 g/mol. The van der Waals surface area contributed by atoms with E-state index in [0.29, 0.717) is 17.5 Å². The van der Waals surface area contributed by atoms with Crippen molar-refractivity contribution in [2.24, 2.45) is 0 Å². The number of aromatic nitrogens is 3. The summed E-state index contributed by atoms with van der Waals surface area (Å²) in [4.78, 5) is 18.3. The first-order chi connectivity index (χ1) is 32.0. The van der Waals surface area contributed by atoms with Gasteiger partial charge in [0.2, 0.25) is 0 Å². The molecular weight excluding hydrogens is 807 g/mol. The SMILES string of the molecule is CC1(C)c2ccccc2-c2cc3c(cc21)Sc1ccccc1C31c2ccccc2-c2ccccc2-c2ccc(-c3nc(-c4ccccc4)nc(-c4ccc(-c5ccccc5)cc4)n3)cc21. The normalized spacial score (nSPS) is 15.7. The second-order valence-electron chi connectivity index (χ2n) is 17.9. The van der Waals surface area contributed by atoms with Gasteiger partial charge < -0.3 is 0 Å². The third-order valence-corrected chi connectivity index (χ3v) is 15.2. The van der Waals surface area contributed by atoms with Gasteiger partial charge in [0.05, 0.1) is 5.41 Å². The maximum absolute atomic E-state index is 5.35. The van der Waals surface area contributed by atoms with Crippen LogP contribution in [-0.4, -0.2) is 15.0 Å². The molecule has 9 aromatic carbocycles. The summed E-state index contributed by atoms with van der Waals surface area (Å²) in [7, 11) is 0. The Labute approximate surface area is 383 Å². The summed E-state index contributed by atoms with van der Waals surface area (Å²) in [5.74, 6) is 1.91. The van der Waals surface area contributed by atoms with Gasteiger partial charge in [0, 0.05) is 31.9 Å². The fourth-order valence-corrected chi connectivity index (χ4v) is 12.2. The van der Waals surface area contributed by atoms with Gasteiger partial charge in [-0.3, -0.25) is 0 Å². The maximum Gasteiger partial charge on any atom is 0.164 e. The lowest BCUT2D eigenvalue weighted by Crippen LogP contribution is -2.35. The highest BCUT2D eigenvalue weighted by molar-refractivity contribution is 7.99. The molecule has 0 N–H and O–H groups in total. The fraction of sp³-hybridized carbons (Fsp3) is 0.0656. The monoisotopic (exact) mass is 847 g/mol. The Morgan fingerprint density at radius 3 is 1.43 bits per heavy atom. The number of rotatable bonds is 4. The van der Waals surface area contributed by atoms with Crippen LogP contribution in [0.3, 0.4) is 0 Å². The molecule has 1 unspecified atom stereocenters. The predicted octanol–water partition coefficient (Wildman–Crippen LogP) is 15.3. The Hall–Kier alpha value is -7.66. The van der Waals surface area contributed by atoms with Gasteiger partial charge in [-0.2, -0.15) is 0 Å². The molecule has 65 heavy (non-hydrogen) atoms. The molecule has 1 aliphatic heterocycles. The van der Waals surface area contributed by atoms with Crippen LogP contribution < -0.4 is 0 Å². The number of fused-ring (bicyclic) bond motifs is 14. The van der Waals surface area contributed by atoms with Gasteiger partial charge in [0.25, 0.3) is 0 Å². The van der Waals surface area contributed by atoms with E-state index >= 15 is 0 Å². The molecule has 3 nitrogen and oxygen atoms in total. The number of benzene rings is 9. The molecule has 13 rings (SSSR count). The number of hydrogen-bond donors (Lipinski definition) is 0. The summed E-state index contributed by atoms with van der Waals surface area (Å²) < 4.78 is 0. The molecule has 0 saturated carbocycles. The van der Waals surface area contributed by atoms with Crippen molar-refractivity contribution in [3.05, 3.63) is 246 Å². The maximum atomic E-state index is 5.35. The van der Waals surface area contributed by atoms with Crippen LogP contribution in [0.4, 0.5) is 0 Å². The van der Waals surface area contributed by atoms with Gasteiger partial charge in [-0.15, -0.1) is 0 Å². The highest BCUT2D eigenvalue weighted by Crippen LogP contribution is 2.63. The number of hydrogen-bond acceptors (Lipinski definition) is 4. The van der Waals surface area contributed by atoms with Crippen molar-refractivity contribution in [1.82, 2.24) is 15.0 Å². The average Bonchev–Trinajstić information content (AvgIpc) is 3.53. The van der Waals surface area contributed by atoms with Crippen LogP contribution in [-0.2, 0) is 10.8 Å². The quantitative estimate of drug-likeness (QED) is 0.177. The minimum Gasteiger partial charge on any atom is -0.208 e. The highest BCUT2D eigenvalue weighted by Gasteiger charge is 2.50. The second-order valence-corrected chi connectivity index (χ2v) is 19.0. The second kappa shape index (κ2) is 14.4. The lowest BCUT2D eigenvalue weighted by atomic mass is 9.62. The van der Waals surface area contributed by atoms with Crippen molar-refractivity contribution in [3.63, 3.8) is 0 Å². The molecule has 1 atom stereocenters. The lowest BCUT2D eigenvalue weighted by molar-refractivity contribution is 0.653. The first kappa shape index (κ1) is 37.9. The first-order valence-corrected chi connectivity index (χ1v) is 23.2. The molecule has 0 saturated heterocycles. The molecule has 1 spiro atoms. The Kier molecular flexibility index (Phi) is 8.41. The van der Waals surface area contributed by atoms with Crippen LogP contribution in [0.15, 0.2) is 222 Å². The molecule has 10 aromatic rings. The van der Waals surface area contributed by atoms with Crippen LogP contribution in [0.2, 0.25) is 0 Å². The van der Waals surface area contributed by atoms with Gasteiger partial charge in [0.1, 0.15) is 0 Å². The Balaban J connectivity index is 1.11. The summed E-state index contributed by atoms with van der Waals surface area (Å²) in [6.45, 7) is 4.76.